The molecule has 0 radical (unpaired) electrons. The Morgan fingerprint density at radius 3 is 1.96 bits per heavy atom. The molecule has 2 heteroatoms. The molecule has 242 valence electrons. The van der Waals surface area contributed by atoms with Crippen molar-refractivity contribution in [1.29, 1.82) is 0 Å². The Kier molecular flexibility index (Phi) is 6.78. The van der Waals surface area contributed by atoms with Gasteiger partial charge in [0.1, 0.15) is 0 Å². The molecule has 0 amide bonds. The highest BCUT2D eigenvalue weighted by Crippen LogP contribution is 2.51. The number of benzene rings is 8. The minimum atomic E-state index is -0.0894. The Morgan fingerprint density at radius 1 is 0.412 bits per heavy atom. The molecule has 0 N–H and O–H groups in total. The van der Waals surface area contributed by atoms with Gasteiger partial charge in [-0.05, 0) is 104 Å². The number of nitrogens with zero attached hydrogens (tertiary/aromatic N) is 1. The van der Waals surface area contributed by atoms with Gasteiger partial charge in [-0.15, -0.1) is 11.3 Å². The Morgan fingerprint density at radius 2 is 1.10 bits per heavy atom. The van der Waals surface area contributed by atoms with E-state index < -0.39 is 0 Å². The Balaban J connectivity index is 1.09. The van der Waals surface area contributed by atoms with Crippen LogP contribution < -0.4 is 4.90 Å². The fourth-order valence-electron chi connectivity index (χ4n) is 8.24. The second-order valence-electron chi connectivity index (χ2n) is 14.2. The first-order valence-electron chi connectivity index (χ1n) is 17.7. The van der Waals surface area contributed by atoms with Crippen LogP contribution in [0, 0.1) is 0 Å². The molecule has 0 fully saturated rings. The zero-order valence-corrected chi connectivity index (χ0v) is 29.4. The molecule has 1 nitrogen and oxygen atoms in total. The van der Waals surface area contributed by atoms with Crippen molar-refractivity contribution in [2.24, 2.45) is 0 Å². The largest absolute Gasteiger partial charge is 0.310 e. The molecule has 1 aliphatic carbocycles. The van der Waals surface area contributed by atoms with E-state index in [2.05, 4.69) is 195 Å². The van der Waals surface area contributed by atoms with Crippen LogP contribution >= 0.6 is 11.3 Å². The minimum Gasteiger partial charge on any atom is -0.310 e. The molecule has 0 saturated carbocycles. The quantitative estimate of drug-likeness (QED) is 0.176. The molecule has 0 spiro atoms. The lowest BCUT2D eigenvalue weighted by Gasteiger charge is -2.30. The van der Waals surface area contributed by atoms with E-state index in [1.165, 1.54) is 75.5 Å². The maximum Gasteiger partial charge on any atom is 0.0540 e. The molecule has 0 saturated heterocycles. The van der Waals surface area contributed by atoms with Gasteiger partial charge < -0.3 is 4.90 Å². The Bertz CT molecular complexity index is 2770. The molecule has 1 aliphatic rings. The van der Waals surface area contributed by atoms with Crippen molar-refractivity contribution in [3.05, 3.63) is 187 Å². The van der Waals surface area contributed by atoms with E-state index in [0.717, 1.165) is 17.1 Å². The summed E-state index contributed by atoms with van der Waals surface area (Å²) in [5.74, 6) is 0. The lowest BCUT2D eigenvalue weighted by Crippen LogP contribution is -2.16. The summed E-state index contributed by atoms with van der Waals surface area (Å²) in [6.07, 6.45) is 0. The summed E-state index contributed by atoms with van der Waals surface area (Å²) in [6.45, 7) is 4.71. The van der Waals surface area contributed by atoms with Gasteiger partial charge in [0.05, 0.1) is 5.69 Å². The predicted molar refractivity (Wildman–Crippen MR) is 220 cm³/mol. The standard InChI is InChI=1S/C49H35NS/c1-49(2)44-17-9-6-15-40(44)41-27-26-38(31-45(41)49)50(46-18-10-7-14-39(46)33-12-4-3-5-13-33)37-24-22-32(23-25-37)34-20-21-35-29-43-42-16-8-11-19-47(42)51-48(43)30-36(35)28-34/h3-31H,1-2H3. The summed E-state index contributed by atoms with van der Waals surface area (Å²) in [5, 5.41) is 5.23. The topological polar surface area (TPSA) is 3.24 Å². The third kappa shape index (κ3) is 4.82. The second kappa shape index (κ2) is 11.6. The van der Waals surface area contributed by atoms with Gasteiger partial charge in [0, 0.05) is 42.5 Å². The van der Waals surface area contributed by atoms with E-state index in [-0.39, 0.29) is 5.41 Å². The molecule has 0 aliphatic heterocycles. The number of para-hydroxylation sites is 1. The molecule has 0 atom stereocenters. The van der Waals surface area contributed by atoms with Gasteiger partial charge >= 0.3 is 0 Å². The highest BCUT2D eigenvalue weighted by atomic mass is 32.1. The molecule has 10 rings (SSSR count). The van der Waals surface area contributed by atoms with E-state index in [4.69, 9.17) is 0 Å². The zero-order valence-electron chi connectivity index (χ0n) is 28.6. The predicted octanol–water partition coefficient (Wildman–Crippen LogP) is 14.3. The van der Waals surface area contributed by atoms with Crippen LogP contribution in [0.5, 0.6) is 0 Å². The number of fused-ring (bicyclic) bond motifs is 7. The number of rotatable bonds is 5. The summed E-state index contributed by atoms with van der Waals surface area (Å²) in [4.78, 5) is 2.43. The van der Waals surface area contributed by atoms with Crippen molar-refractivity contribution in [3.8, 4) is 33.4 Å². The second-order valence-corrected chi connectivity index (χ2v) is 15.3. The fourth-order valence-corrected chi connectivity index (χ4v) is 9.38. The SMILES string of the molecule is CC1(C)c2ccccc2-c2ccc(N(c3ccc(-c4ccc5cc6c(cc5c4)sc4ccccc46)cc3)c3ccccc3-c3ccccc3)cc21. The van der Waals surface area contributed by atoms with E-state index in [0.29, 0.717) is 0 Å². The molecular weight excluding hydrogens is 635 g/mol. The highest BCUT2D eigenvalue weighted by Gasteiger charge is 2.35. The molecule has 0 unspecified atom stereocenters. The van der Waals surface area contributed by atoms with E-state index in [1.54, 1.807) is 0 Å². The normalized spacial score (nSPS) is 13.1. The molecule has 1 aromatic heterocycles. The monoisotopic (exact) mass is 669 g/mol. The smallest absolute Gasteiger partial charge is 0.0540 e. The van der Waals surface area contributed by atoms with Gasteiger partial charge in [-0.1, -0.05) is 135 Å². The first kappa shape index (κ1) is 29.9. The van der Waals surface area contributed by atoms with E-state index >= 15 is 0 Å². The number of anilines is 3. The first-order chi connectivity index (χ1) is 25.0. The molecule has 0 bridgehead atoms. The molecule has 1 heterocycles. The van der Waals surface area contributed by atoms with Gasteiger partial charge in [-0.3, -0.25) is 0 Å². The number of hydrogen-bond donors (Lipinski definition) is 0. The van der Waals surface area contributed by atoms with Gasteiger partial charge in [0.2, 0.25) is 0 Å². The summed E-state index contributed by atoms with van der Waals surface area (Å²) >= 11 is 1.88. The average Bonchev–Trinajstić information content (AvgIpc) is 3.65. The highest BCUT2D eigenvalue weighted by molar-refractivity contribution is 7.25. The van der Waals surface area contributed by atoms with Gasteiger partial charge in [-0.2, -0.15) is 0 Å². The van der Waals surface area contributed by atoms with Gasteiger partial charge in [-0.25, -0.2) is 0 Å². The molecule has 9 aromatic rings. The third-order valence-corrected chi connectivity index (χ3v) is 12.0. The summed E-state index contributed by atoms with van der Waals surface area (Å²) in [7, 11) is 0. The summed E-state index contributed by atoms with van der Waals surface area (Å²) in [5.41, 5.74) is 13.6. The van der Waals surface area contributed by atoms with Crippen molar-refractivity contribution in [2.75, 3.05) is 4.90 Å². The molecular formula is C49H35NS. The van der Waals surface area contributed by atoms with Crippen LogP contribution in [-0.4, -0.2) is 0 Å². The van der Waals surface area contributed by atoms with Crippen LogP contribution in [0.1, 0.15) is 25.0 Å². The molecule has 8 aromatic carbocycles. The van der Waals surface area contributed by atoms with Crippen LogP contribution in [0.4, 0.5) is 17.1 Å². The summed E-state index contributed by atoms with van der Waals surface area (Å²) < 4.78 is 2.68. The van der Waals surface area contributed by atoms with Crippen LogP contribution in [0.25, 0.3) is 64.3 Å². The third-order valence-electron chi connectivity index (χ3n) is 10.8. The van der Waals surface area contributed by atoms with E-state index in [9.17, 15) is 0 Å². The number of thiophene rings is 1. The lowest BCUT2D eigenvalue weighted by atomic mass is 9.82. The zero-order chi connectivity index (χ0) is 34.1. The van der Waals surface area contributed by atoms with Crippen LogP contribution in [-0.2, 0) is 5.41 Å². The molecule has 51 heavy (non-hydrogen) atoms. The van der Waals surface area contributed by atoms with E-state index in [1.807, 2.05) is 11.3 Å². The van der Waals surface area contributed by atoms with Crippen molar-refractivity contribution in [2.45, 2.75) is 19.3 Å². The Hall–Kier alpha value is -5.96. The maximum absolute atomic E-state index is 2.43. The Labute approximate surface area is 302 Å². The van der Waals surface area contributed by atoms with Gasteiger partial charge in [0.25, 0.3) is 0 Å². The van der Waals surface area contributed by atoms with Crippen molar-refractivity contribution in [1.82, 2.24) is 0 Å². The van der Waals surface area contributed by atoms with Crippen molar-refractivity contribution < 1.29 is 0 Å². The fraction of sp³-hybridized carbons (Fsp3) is 0.0612. The number of hydrogen-bond acceptors (Lipinski definition) is 2. The van der Waals surface area contributed by atoms with Crippen molar-refractivity contribution in [3.63, 3.8) is 0 Å². The lowest BCUT2D eigenvalue weighted by molar-refractivity contribution is 0.660. The average molecular weight is 670 g/mol. The van der Waals surface area contributed by atoms with Crippen LogP contribution in [0.15, 0.2) is 176 Å². The first-order valence-corrected chi connectivity index (χ1v) is 18.5. The minimum absolute atomic E-state index is 0.0894. The van der Waals surface area contributed by atoms with Crippen molar-refractivity contribution >= 4 is 59.3 Å². The van der Waals surface area contributed by atoms with Gasteiger partial charge in [0.15, 0.2) is 0 Å². The maximum atomic E-state index is 2.43. The van der Waals surface area contributed by atoms with Crippen LogP contribution in [0.3, 0.4) is 0 Å². The summed E-state index contributed by atoms with van der Waals surface area (Å²) in [6, 6.07) is 64.9. The van der Waals surface area contributed by atoms with Crippen LogP contribution in [0.2, 0.25) is 0 Å².